The topological polar surface area (TPSA) is 67.4 Å². The fourth-order valence-corrected chi connectivity index (χ4v) is 2.39. The number of amides is 2. The molecule has 0 aliphatic rings. The zero-order valence-corrected chi connectivity index (χ0v) is 15.2. The van der Waals surface area contributed by atoms with E-state index in [0.29, 0.717) is 34.1 Å². The minimum Gasteiger partial charge on any atom is -0.495 e. The number of carbonyl (C=O) groups is 2. The number of hydrogen-bond acceptors (Lipinski definition) is 3. The Morgan fingerprint density at radius 1 is 1.08 bits per heavy atom. The molecule has 2 rings (SSSR count). The summed E-state index contributed by atoms with van der Waals surface area (Å²) in [5, 5.41) is 6.17. The summed E-state index contributed by atoms with van der Waals surface area (Å²) in [4.78, 5) is 24.3. The predicted octanol–water partition coefficient (Wildman–Crippen LogP) is 4.05. The number of carbonyl (C=O) groups excluding carboxylic acids is 2. The Hall–Kier alpha value is -2.53. The van der Waals surface area contributed by atoms with Crippen LogP contribution < -0.4 is 15.4 Å². The quantitative estimate of drug-likeness (QED) is 0.816. The average molecular weight is 361 g/mol. The van der Waals surface area contributed by atoms with Gasteiger partial charge in [-0.25, -0.2) is 0 Å². The van der Waals surface area contributed by atoms with Gasteiger partial charge in [0.2, 0.25) is 0 Å². The lowest BCUT2D eigenvalue weighted by atomic mass is 10.1. The highest BCUT2D eigenvalue weighted by Gasteiger charge is 2.13. The molecule has 6 heteroatoms. The first kappa shape index (κ1) is 18.8. The maximum atomic E-state index is 12.4. The third-order valence-electron chi connectivity index (χ3n) is 3.67. The van der Waals surface area contributed by atoms with Crippen LogP contribution in [0.3, 0.4) is 0 Å². The number of rotatable bonds is 6. The molecule has 0 aliphatic carbocycles. The standard InChI is InChI=1S/C19H21ClN2O3/c1-4-9-21-18(23)13-5-7-14(8-6-13)19(24)22-16-10-12(2)15(20)11-17(16)25-3/h5-8,10-11H,4,9H2,1-3H3,(H,21,23)(H,22,24). The lowest BCUT2D eigenvalue weighted by Crippen LogP contribution is -2.24. The summed E-state index contributed by atoms with van der Waals surface area (Å²) in [5.74, 6) is 0.0452. The molecule has 0 unspecified atom stereocenters. The Kier molecular flexibility index (Phi) is 6.42. The number of ether oxygens (including phenoxy) is 1. The van der Waals surface area contributed by atoms with Gasteiger partial charge in [0, 0.05) is 28.8 Å². The summed E-state index contributed by atoms with van der Waals surface area (Å²) in [7, 11) is 1.51. The van der Waals surface area contributed by atoms with E-state index in [9.17, 15) is 9.59 Å². The Labute approximate surface area is 152 Å². The summed E-state index contributed by atoms with van der Waals surface area (Å²) < 4.78 is 5.25. The van der Waals surface area contributed by atoms with Crippen LogP contribution >= 0.6 is 11.6 Å². The van der Waals surface area contributed by atoms with Crippen molar-refractivity contribution in [1.82, 2.24) is 5.32 Å². The Morgan fingerprint density at radius 3 is 2.24 bits per heavy atom. The maximum absolute atomic E-state index is 12.4. The van der Waals surface area contributed by atoms with Gasteiger partial charge in [-0.05, 0) is 49.2 Å². The molecule has 2 N–H and O–H groups in total. The Bertz CT molecular complexity index is 773. The van der Waals surface area contributed by atoms with Crippen molar-refractivity contribution in [3.05, 3.63) is 58.1 Å². The van der Waals surface area contributed by atoms with Crippen LogP contribution in [-0.4, -0.2) is 25.5 Å². The van der Waals surface area contributed by atoms with Gasteiger partial charge in [-0.2, -0.15) is 0 Å². The lowest BCUT2D eigenvalue weighted by Gasteiger charge is -2.12. The number of anilines is 1. The first-order chi connectivity index (χ1) is 12.0. The summed E-state index contributed by atoms with van der Waals surface area (Å²) in [5.41, 5.74) is 2.34. The molecule has 0 spiro atoms. The van der Waals surface area contributed by atoms with Crippen LogP contribution in [0.2, 0.25) is 5.02 Å². The van der Waals surface area contributed by atoms with Crippen LogP contribution in [0.15, 0.2) is 36.4 Å². The molecule has 25 heavy (non-hydrogen) atoms. The van der Waals surface area contributed by atoms with E-state index in [4.69, 9.17) is 16.3 Å². The number of methoxy groups -OCH3 is 1. The van der Waals surface area contributed by atoms with Crippen molar-refractivity contribution in [3.8, 4) is 5.75 Å². The van der Waals surface area contributed by atoms with E-state index in [1.165, 1.54) is 7.11 Å². The molecule has 5 nitrogen and oxygen atoms in total. The van der Waals surface area contributed by atoms with E-state index in [0.717, 1.165) is 12.0 Å². The van der Waals surface area contributed by atoms with Gasteiger partial charge in [-0.15, -0.1) is 0 Å². The maximum Gasteiger partial charge on any atom is 0.255 e. The van der Waals surface area contributed by atoms with Gasteiger partial charge in [-0.3, -0.25) is 9.59 Å². The first-order valence-corrected chi connectivity index (χ1v) is 8.37. The van der Waals surface area contributed by atoms with Crippen molar-refractivity contribution >= 4 is 29.1 Å². The molecule has 0 fully saturated rings. The van der Waals surface area contributed by atoms with Crippen LogP contribution in [0.5, 0.6) is 5.75 Å². The van der Waals surface area contributed by atoms with Crippen molar-refractivity contribution in [2.45, 2.75) is 20.3 Å². The number of nitrogens with one attached hydrogen (secondary N) is 2. The highest BCUT2D eigenvalue weighted by molar-refractivity contribution is 6.31. The van der Waals surface area contributed by atoms with E-state index in [1.54, 1.807) is 36.4 Å². The summed E-state index contributed by atoms with van der Waals surface area (Å²) in [6, 6.07) is 9.91. The normalized spacial score (nSPS) is 10.2. The molecule has 0 heterocycles. The van der Waals surface area contributed by atoms with Gasteiger partial charge in [-0.1, -0.05) is 18.5 Å². The van der Waals surface area contributed by atoms with Crippen LogP contribution in [-0.2, 0) is 0 Å². The smallest absolute Gasteiger partial charge is 0.255 e. The zero-order chi connectivity index (χ0) is 18.4. The molecule has 0 radical (unpaired) electrons. The SMILES string of the molecule is CCCNC(=O)c1ccc(C(=O)Nc2cc(C)c(Cl)cc2OC)cc1. The molecule has 132 valence electrons. The molecule has 0 aromatic heterocycles. The van der Waals surface area contributed by atoms with Gasteiger partial charge < -0.3 is 15.4 Å². The Morgan fingerprint density at radius 2 is 1.68 bits per heavy atom. The molecule has 0 saturated heterocycles. The number of hydrogen-bond donors (Lipinski definition) is 2. The van der Waals surface area contributed by atoms with Crippen molar-refractivity contribution in [2.24, 2.45) is 0 Å². The highest BCUT2D eigenvalue weighted by Crippen LogP contribution is 2.31. The highest BCUT2D eigenvalue weighted by atomic mass is 35.5. The van der Waals surface area contributed by atoms with Crippen LogP contribution in [0.25, 0.3) is 0 Å². The second-order valence-corrected chi connectivity index (χ2v) is 6.00. The van der Waals surface area contributed by atoms with Crippen LogP contribution in [0.4, 0.5) is 5.69 Å². The van der Waals surface area contributed by atoms with Crippen LogP contribution in [0.1, 0.15) is 39.6 Å². The van der Waals surface area contributed by atoms with Gasteiger partial charge in [0.05, 0.1) is 12.8 Å². The van der Waals surface area contributed by atoms with E-state index in [1.807, 2.05) is 13.8 Å². The number of benzene rings is 2. The monoisotopic (exact) mass is 360 g/mol. The lowest BCUT2D eigenvalue weighted by molar-refractivity contribution is 0.0951. The molecule has 0 atom stereocenters. The second-order valence-electron chi connectivity index (χ2n) is 5.59. The van der Waals surface area contributed by atoms with E-state index >= 15 is 0 Å². The summed E-state index contributed by atoms with van der Waals surface area (Å²) in [6.07, 6.45) is 0.870. The molecule has 2 aromatic rings. The minimum absolute atomic E-state index is 0.149. The molecule has 0 saturated carbocycles. The van der Waals surface area contributed by atoms with Crippen molar-refractivity contribution in [2.75, 3.05) is 19.0 Å². The van der Waals surface area contributed by atoms with Crippen molar-refractivity contribution in [3.63, 3.8) is 0 Å². The predicted molar refractivity (Wildman–Crippen MR) is 99.8 cm³/mol. The zero-order valence-electron chi connectivity index (χ0n) is 14.5. The van der Waals surface area contributed by atoms with Gasteiger partial charge in [0.1, 0.15) is 5.75 Å². The van der Waals surface area contributed by atoms with E-state index < -0.39 is 0 Å². The van der Waals surface area contributed by atoms with Gasteiger partial charge >= 0.3 is 0 Å². The molecule has 0 bridgehead atoms. The molecule has 2 aromatic carbocycles. The van der Waals surface area contributed by atoms with Crippen LogP contribution in [0, 0.1) is 6.92 Å². The fraction of sp³-hybridized carbons (Fsp3) is 0.263. The van der Waals surface area contributed by atoms with Gasteiger partial charge in [0.15, 0.2) is 0 Å². The van der Waals surface area contributed by atoms with E-state index in [2.05, 4.69) is 10.6 Å². The molecule has 2 amide bonds. The molecular weight excluding hydrogens is 340 g/mol. The van der Waals surface area contributed by atoms with Crippen molar-refractivity contribution < 1.29 is 14.3 Å². The third kappa shape index (κ3) is 4.73. The summed E-state index contributed by atoms with van der Waals surface area (Å²) in [6.45, 7) is 4.46. The largest absolute Gasteiger partial charge is 0.495 e. The Balaban J connectivity index is 2.14. The fourth-order valence-electron chi connectivity index (χ4n) is 2.24. The number of aryl methyl sites for hydroxylation is 1. The molecular formula is C19H21ClN2O3. The van der Waals surface area contributed by atoms with Crippen molar-refractivity contribution in [1.29, 1.82) is 0 Å². The minimum atomic E-state index is -0.291. The van der Waals surface area contributed by atoms with Gasteiger partial charge in [0.25, 0.3) is 11.8 Å². The molecule has 0 aliphatic heterocycles. The summed E-state index contributed by atoms with van der Waals surface area (Å²) >= 11 is 6.07. The second kappa shape index (κ2) is 8.53. The average Bonchev–Trinajstić information content (AvgIpc) is 2.62. The number of halogens is 1. The third-order valence-corrected chi connectivity index (χ3v) is 4.08. The first-order valence-electron chi connectivity index (χ1n) is 8.00. The van der Waals surface area contributed by atoms with E-state index in [-0.39, 0.29) is 11.8 Å².